The van der Waals surface area contributed by atoms with Crippen LogP contribution in [0.5, 0.6) is 5.75 Å². The minimum Gasteiger partial charge on any atom is -0.496 e. The zero-order valence-corrected chi connectivity index (χ0v) is 19.7. The molecular weight excluding hydrogens is 458 g/mol. The zero-order valence-electron chi connectivity index (χ0n) is 18.2. The van der Waals surface area contributed by atoms with Crippen molar-refractivity contribution in [1.29, 1.82) is 0 Å². The van der Waals surface area contributed by atoms with Gasteiger partial charge >= 0.3 is 0 Å². The van der Waals surface area contributed by atoms with Gasteiger partial charge in [0.2, 0.25) is 10.7 Å². The second-order valence-corrected chi connectivity index (χ2v) is 8.11. The minimum atomic E-state index is -0.188. The van der Waals surface area contributed by atoms with Crippen molar-refractivity contribution in [3.63, 3.8) is 0 Å². The van der Waals surface area contributed by atoms with Gasteiger partial charge in [-0.25, -0.2) is 9.67 Å². The van der Waals surface area contributed by atoms with E-state index in [-0.39, 0.29) is 18.9 Å². The standard InChI is InChI=1S/C24H22ClN5O2S/c1-16-11-12-21(26-15-16)30-23(17-7-3-6-10-20(17)32-2)28-29(24(30)33)14-13-22(31)27-19-9-5-4-8-18(19)25/h3-12,15H,13-14H2,1-2H3,(H,27,31). The van der Waals surface area contributed by atoms with Crippen LogP contribution in [-0.2, 0) is 11.3 Å². The summed E-state index contributed by atoms with van der Waals surface area (Å²) in [5, 5.41) is 8.04. The lowest BCUT2D eigenvalue weighted by Gasteiger charge is -2.09. The molecule has 0 atom stereocenters. The van der Waals surface area contributed by atoms with Gasteiger partial charge in [0.1, 0.15) is 11.6 Å². The molecule has 0 aliphatic heterocycles. The van der Waals surface area contributed by atoms with Crippen molar-refractivity contribution in [1.82, 2.24) is 19.3 Å². The molecule has 0 aliphatic rings. The predicted octanol–water partition coefficient (Wildman–Crippen LogP) is 5.46. The summed E-state index contributed by atoms with van der Waals surface area (Å²) >= 11 is 11.9. The number of carbonyl (C=O) groups excluding carboxylic acids is 1. The monoisotopic (exact) mass is 479 g/mol. The Balaban J connectivity index is 1.68. The van der Waals surface area contributed by atoms with E-state index in [9.17, 15) is 4.79 Å². The van der Waals surface area contributed by atoms with Crippen LogP contribution >= 0.6 is 23.8 Å². The van der Waals surface area contributed by atoms with Crippen molar-refractivity contribution in [2.75, 3.05) is 12.4 Å². The van der Waals surface area contributed by atoms with Gasteiger partial charge < -0.3 is 10.1 Å². The van der Waals surface area contributed by atoms with Crippen LogP contribution in [0.15, 0.2) is 66.9 Å². The van der Waals surface area contributed by atoms with Crippen LogP contribution in [0.2, 0.25) is 5.02 Å². The first-order valence-electron chi connectivity index (χ1n) is 10.3. The van der Waals surface area contributed by atoms with Gasteiger partial charge in [-0.2, -0.15) is 5.10 Å². The number of hydrogen-bond acceptors (Lipinski definition) is 5. The summed E-state index contributed by atoms with van der Waals surface area (Å²) in [6, 6.07) is 18.5. The zero-order chi connectivity index (χ0) is 23.4. The maximum absolute atomic E-state index is 12.5. The predicted molar refractivity (Wildman–Crippen MR) is 132 cm³/mol. The van der Waals surface area contributed by atoms with E-state index >= 15 is 0 Å². The number of benzene rings is 2. The van der Waals surface area contributed by atoms with Gasteiger partial charge in [0.05, 0.1) is 29.9 Å². The van der Waals surface area contributed by atoms with Gasteiger partial charge in [-0.1, -0.05) is 41.9 Å². The number of aryl methyl sites for hydroxylation is 2. The number of methoxy groups -OCH3 is 1. The molecule has 168 valence electrons. The first kappa shape index (κ1) is 22.7. The second kappa shape index (κ2) is 9.97. The molecule has 0 saturated heterocycles. The molecule has 1 N–H and O–H groups in total. The third-order valence-corrected chi connectivity index (χ3v) is 5.73. The largest absolute Gasteiger partial charge is 0.496 e. The van der Waals surface area contributed by atoms with Gasteiger partial charge in [0.25, 0.3) is 0 Å². The summed E-state index contributed by atoms with van der Waals surface area (Å²) in [6.45, 7) is 2.26. The molecule has 9 heteroatoms. The number of aromatic nitrogens is 4. The second-order valence-electron chi connectivity index (χ2n) is 7.34. The number of nitrogens with zero attached hydrogens (tertiary/aromatic N) is 4. The summed E-state index contributed by atoms with van der Waals surface area (Å²) in [7, 11) is 1.61. The molecule has 2 aromatic carbocycles. The lowest BCUT2D eigenvalue weighted by molar-refractivity contribution is -0.116. The lowest BCUT2D eigenvalue weighted by atomic mass is 10.2. The number of nitrogens with one attached hydrogen (secondary N) is 1. The molecule has 0 saturated carbocycles. The number of amides is 1. The number of hydrogen-bond donors (Lipinski definition) is 1. The Bertz CT molecular complexity index is 1350. The van der Waals surface area contributed by atoms with Gasteiger partial charge in [0, 0.05) is 12.6 Å². The van der Waals surface area contributed by atoms with Crippen molar-refractivity contribution >= 4 is 35.4 Å². The fourth-order valence-electron chi connectivity index (χ4n) is 3.34. The van der Waals surface area contributed by atoms with E-state index < -0.39 is 0 Å². The quantitative estimate of drug-likeness (QED) is 0.356. The van der Waals surface area contributed by atoms with Crippen LogP contribution in [0.25, 0.3) is 17.2 Å². The Morgan fingerprint density at radius 3 is 2.61 bits per heavy atom. The van der Waals surface area contributed by atoms with Crippen molar-refractivity contribution in [3.05, 3.63) is 82.2 Å². The van der Waals surface area contributed by atoms with Gasteiger partial charge in [-0.3, -0.25) is 9.36 Å². The minimum absolute atomic E-state index is 0.170. The Morgan fingerprint density at radius 1 is 1.12 bits per heavy atom. The molecule has 7 nitrogen and oxygen atoms in total. The van der Waals surface area contributed by atoms with Crippen molar-refractivity contribution in [3.8, 4) is 23.0 Å². The number of halogens is 1. The van der Waals surface area contributed by atoms with E-state index in [2.05, 4.69) is 10.3 Å². The van der Waals surface area contributed by atoms with Crippen LogP contribution < -0.4 is 10.1 Å². The molecule has 0 spiro atoms. The van der Waals surface area contributed by atoms with Crippen LogP contribution in [0.4, 0.5) is 5.69 Å². The summed E-state index contributed by atoms with van der Waals surface area (Å²) in [6.07, 6.45) is 1.95. The normalized spacial score (nSPS) is 10.8. The van der Waals surface area contributed by atoms with Crippen molar-refractivity contribution < 1.29 is 9.53 Å². The van der Waals surface area contributed by atoms with E-state index in [1.54, 1.807) is 34.7 Å². The van der Waals surface area contributed by atoms with Crippen LogP contribution in [0.3, 0.4) is 0 Å². The molecule has 0 aliphatic carbocycles. The average Bonchev–Trinajstić information content (AvgIpc) is 3.15. The molecule has 2 aromatic heterocycles. The molecule has 2 heterocycles. The maximum atomic E-state index is 12.5. The van der Waals surface area contributed by atoms with E-state index in [1.807, 2.05) is 55.5 Å². The number of anilines is 1. The third kappa shape index (κ3) is 4.97. The molecule has 0 bridgehead atoms. The van der Waals surface area contributed by atoms with E-state index in [0.717, 1.165) is 11.1 Å². The highest BCUT2D eigenvalue weighted by atomic mass is 35.5. The van der Waals surface area contributed by atoms with Crippen LogP contribution in [0, 0.1) is 11.7 Å². The number of ether oxygens (including phenoxy) is 1. The SMILES string of the molecule is COc1ccccc1-c1nn(CCC(=O)Nc2ccccc2Cl)c(=S)n1-c1ccc(C)cn1. The third-order valence-electron chi connectivity index (χ3n) is 5.01. The van der Waals surface area contributed by atoms with E-state index in [0.29, 0.717) is 32.9 Å². The van der Waals surface area contributed by atoms with E-state index in [4.69, 9.17) is 33.7 Å². The highest BCUT2D eigenvalue weighted by Crippen LogP contribution is 2.30. The van der Waals surface area contributed by atoms with E-state index in [1.165, 1.54) is 0 Å². The molecule has 1 amide bonds. The Kier molecular flexibility index (Phi) is 6.86. The van der Waals surface area contributed by atoms with Crippen LogP contribution in [-0.4, -0.2) is 32.3 Å². The number of pyridine rings is 1. The van der Waals surface area contributed by atoms with Crippen molar-refractivity contribution in [2.45, 2.75) is 19.9 Å². The summed E-state index contributed by atoms with van der Waals surface area (Å²) in [5.41, 5.74) is 2.37. The molecule has 0 radical (unpaired) electrons. The highest BCUT2D eigenvalue weighted by Gasteiger charge is 2.19. The van der Waals surface area contributed by atoms with Gasteiger partial charge in [-0.05, 0) is 55.0 Å². The Labute approximate surface area is 201 Å². The maximum Gasteiger partial charge on any atom is 0.226 e. The number of para-hydroxylation sites is 2. The molecule has 4 aromatic rings. The molecule has 0 fully saturated rings. The average molecular weight is 480 g/mol. The Morgan fingerprint density at radius 2 is 1.88 bits per heavy atom. The first-order valence-corrected chi connectivity index (χ1v) is 11.1. The fourth-order valence-corrected chi connectivity index (χ4v) is 3.83. The first-order chi connectivity index (χ1) is 16.0. The van der Waals surface area contributed by atoms with Crippen LogP contribution in [0.1, 0.15) is 12.0 Å². The topological polar surface area (TPSA) is 74.0 Å². The molecule has 33 heavy (non-hydrogen) atoms. The molecule has 0 unspecified atom stereocenters. The lowest BCUT2D eigenvalue weighted by Crippen LogP contribution is -2.15. The van der Waals surface area contributed by atoms with Crippen molar-refractivity contribution in [2.24, 2.45) is 0 Å². The summed E-state index contributed by atoms with van der Waals surface area (Å²) < 4.78 is 9.39. The fraction of sp³-hybridized carbons (Fsp3) is 0.167. The number of carbonyl (C=O) groups is 1. The van der Waals surface area contributed by atoms with Gasteiger partial charge in [-0.15, -0.1) is 0 Å². The Hall–Kier alpha value is -3.49. The summed E-state index contributed by atoms with van der Waals surface area (Å²) in [5.74, 6) is 1.69. The molecule has 4 rings (SSSR count). The highest BCUT2D eigenvalue weighted by molar-refractivity contribution is 7.71. The smallest absolute Gasteiger partial charge is 0.226 e. The van der Waals surface area contributed by atoms with Gasteiger partial charge in [0.15, 0.2) is 5.82 Å². The molecular formula is C24H22ClN5O2S. The summed E-state index contributed by atoms with van der Waals surface area (Å²) in [4.78, 5) is 17.1. The number of rotatable bonds is 7.